The normalized spacial score (nSPS) is 18.2. The van der Waals surface area contributed by atoms with E-state index in [-0.39, 0.29) is 6.10 Å². The van der Waals surface area contributed by atoms with Crippen molar-refractivity contribution >= 4 is 11.4 Å². The molecule has 0 radical (unpaired) electrons. The molecule has 6 heteroatoms. The highest BCUT2D eigenvalue weighted by Crippen LogP contribution is 2.21. The van der Waals surface area contributed by atoms with Crippen LogP contribution in [0.2, 0.25) is 0 Å². The highest BCUT2D eigenvalue weighted by Gasteiger charge is 2.15. The number of ether oxygens (including phenoxy) is 1. The lowest BCUT2D eigenvalue weighted by Gasteiger charge is -2.20. The molecule has 1 aliphatic rings. The molecule has 96 valence electrons. The zero-order chi connectivity index (χ0) is 13.0. The molecule has 1 atom stereocenters. The first kappa shape index (κ1) is 12.3. The molecule has 1 aromatic rings. The van der Waals surface area contributed by atoms with Gasteiger partial charge in [-0.1, -0.05) is 0 Å². The van der Waals surface area contributed by atoms with Crippen molar-refractivity contribution in [3.63, 3.8) is 0 Å². The Kier molecular flexibility index (Phi) is 3.76. The summed E-state index contributed by atoms with van der Waals surface area (Å²) >= 11 is 0. The van der Waals surface area contributed by atoms with Crippen LogP contribution in [0.4, 0.5) is 15.8 Å². The summed E-state index contributed by atoms with van der Waals surface area (Å²) in [6.07, 6.45) is 5.52. The largest absolute Gasteiger partial charge is 0.497 e. The van der Waals surface area contributed by atoms with E-state index in [4.69, 9.17) is 4.74 Å². The summed E-state index contributed by atoms with van der Waals surface area (Å²) in [4.78, 5) is 9.71. The molecule has 0 saturated carbocycles. The third-order valence-electron chi connectivity index (χ3n) is 2.70. The minimum absolute atomic E-state index is 0.0493. The SMILES string of the molecule is O=[N+]([O-])c1ccc(NCC2CCC=CO2)cc1F. The van der Waals surface area contributed by atoms with Gasteiger partial charge < -0.3 is 10.1 Å². The minimum atomic E-state index is -0.838. The number of halogens is 1. The van der Waals surface area contributed by atoms with Crippen molar-refractivity contribution in [1.29, 1.82) is 0 Å². The van der Waals surface area contributed by atoms with Crippen LogP contribution in [-0.2, 0) is 4.74 Å². The van der Waals surface area contributed by atoms with E-state index in [2.05, 4.69) is 5.32 Å². The summed E-state index contributed by atoms with van der Waals surface area (Å²) < 4.78 is 18.7. The number of anilines is 1. The van der Waals surface area contributed by atoms with Crippen molar-refractivity contribution in [2.75, 3.05) is 11.9 Å². The van der Waals surface area contributed by atoms with Gasteiger partial charge in [0.05, 0.1) is 17.7 Å². The Bertz CT molecular complexity index is 476. The second kappa shape index (κ2) is 5.48. The zero-order valence-corrected chi connectivity index (χ0v) is 9.64. The fourth-order valence-corrected chi connectivity index (χ4v) is 1.73. The third-order valence-corrected chi connectivity index (χ3v) is 2.70. The van der Waals surface area contributed by atoms with Crippen LogP contribution in [-0.4, -0.2) is 17.6 Å². The Hall–Kier alpha value is -2.11. The Morgan fingerprint density at radius 2 is 2.39 bits per heavy atom. The molecular weight excluding hydrogens is 239 g/mol. The summed E-state index contributed by atoms with van der Waals surface area (Å²) in [6.45, 7) is 0.543. The first-order valence-electron chi connectivity index (χ1n) is 5.65. The molecule has 0 fully saturated rings. The van der Waals surface area contributed by atoms with E-state index in [1.165, 1.54) is 6.07 Å². The van der Waals surface area contributed by atoms with Gasteiger partial charge in [0.1, 0.15) is 6.10 Å². The van der Waals surface area contributed by atoms with Gasteiger partial charge in [-0.05, 0) is 25.0 Å². The molecule has 0 aliphatic carbocycles. The molecule has 2 rings (SSSR count). The molecule has 1 unspecified atom stereocenters. The van der Waals surface area contributed by atoms with E-state index >= 15 is 0 Å². The maximum Gasteiger partial charge on any atom is 0.304 e. The number of nitro benzene ring substituents is 1. The van der Waals surface area contributed by atoms with Gasteiger partial charge in [0.15, 0.2) is 0 Å². The van der Waals surface area contributed by atoms with E-state index in [1.54, 1.807) is 6.26 Å². The van der Waals surface area contributed by atoms with E-state index in [0.717, 1.165) is 25.0 Å². The molecule has 0 spiro atoms. The number of hydrogen-bond acceptors (Lipinski definition) is 4. The molecule has 5 nitrogen and oxygen atoms in total. The first-order chi connectivity index (χ1) is 8.66. The summed E-state index contributed by atoms with van der Waals surface area (Å²) in [5.74, 6) is -0.838. The van der Waals surface area contributed by atoms with Crippen LogP contribution in [0.25, 0.3) is 0 Å². The average Bonchev–Trinajstić information content (AvgIpc) is 2.37. The van der Waals surface area contributed by atoms with E-state index in [1.807, 2.05) is 6.08 Å². The number of allylic oxidation sites excluding steroid dienone is 1. The molecule has 0 bridgehead atoms. The van der Waals surface area contributed by atoms with Crippen molar-refractivity contribution in [2.24, 2.45) is 0 Å². The fourth-order valence-electron chi connectivity index (χ4n) is 1.73. The molecular formula is C12H13FN2O3. The van der Waals surface area contributed by atoms with Crippen molar-refractivity contribution in [1.82, 2.24) is 0 Å². The molecule has 1 heterocycles. The summed E-state index contributed by atoms with van der Waals surface area (Å²) in [6, 6.07) is 3.76. The number of nitrogens with zero attached hydrogens (tertiary/aromatic N) is 1. The zero-order valence-electron chi connectivity index (χ0n) is 9.64. The fraction of sp³-hybridized carbons (Fsp3) is 0.333. The maximum atomic E-state index is 13.3. The lowest BCUT2D eigenvalue weighted by Crippen LogP contribution is -2.23. The smallest absolute Gasteiger partial charge is 0.304 e. The maximum absolute atomic E-state index is 13.3. The molecule has 1 aliphatic heterocycles. The van der Waals surface area contributed by atoms with Gasteiger partial charge in [-0.15, -0.1) is 0 Å². The predicted molar refractivity (Wildman–Crippen MR) is 64.8 cm³/mol. The van der Waals surface area contributed by atoms with Gasteiger partial charge in [0.2, 0.25) is 5.82 Å². The number of benzene rings is 1. The lowest BCUT2D eigenvalue weighted by molar-refractivity contribution is -0.387. The van der Waals surface area contributed by atoms with Crippen molar-refractivity contribution in [3.8, 4) is 0 Å². The van der Waals surface area contributed by atoms with Gasteiger partial charge in [-0.2, -0.15) is 4.39 Å². The molecule has 18 heavy (non-hydrogen) atoms. The standard InChI is InChI=1S/C12H13FN2O3/c13-11-7-9(4-5-12(11)15(16)17)14-8-10-3-1-2-6-18-10/h2,4-7,10,14H,1,3,8H2. The lowest BCUT2D eigenvalue weighted by atomic mass is 10.1. The van der Waals surface area contributed by atoms with Crippen molar-refractivity contribution < 1.29 is 14.1 Å². The Morgan fingerprint density at radius 3 is 3.00 bits per heavy atom. The van der Waals surface area contributed by atoms with Crippen molar-refractivity contribution in [2.45, 2.75) is 18.9 Å². The number of nitrogens with one attached hydrogen (secondary N) is 1. The average molecular weight is 252 g/mol. The van der Waals surface area contributed by atoms with Gasteiger partial charge in [-0.25, -0.2) is 0 Å². The van der Waals surface area contributed by atoms with E-state index in [0.29, 0.717) is 12.2 Å². The second-order valence-electron chi connectivity index (χ2n) is 4.01. The summed E-state index contributed by atoms with van der Waals surface area (Å²) in [5, 5.41) is 13.5. The van der Waals surface area contributed by atoms with E-state index in [9.17, 15) is 14.5 Å². The van der Waals surface area contributed by atoms with Gasteiger partial charge in [-0.3, -0.25) is 10.1 Å². The number of hydrogen-bond donors (Lipinski definition) is 1. The third kappa shape index (κ3) is 2.97. The van der Waals surface area contributed by atoms with Crippen LogP contribution < -0.4 is 5.32 Å². The van der Waals surface area contributed by atoms with Crippen LogP contribution in [0, 0.1) is 15.9 Å². The quantitative estimate of drug-likeness (QED) is 0.661. The minimum Gasteiger partial charge on any atom is -0.497 e. The topological polar surface area (TPSA) is 64.4 Å². The van der Waals surface area contributed by atoms with E-state index < -0.39 is 16.4 Å². The van der Waals surface area contributed by atoms with Gasteiger partial charge >= 0.3 is 5.69 Å². The molecule has 0 aromatic heterocycles. The van der Waals surface area contributed by atoms with Crippen molar-refractivity contribution in [3.05, 3.63) is 46.5 Å². The summed E-state index contributed by atoms with van der Waals surface area (Å²) in [5.41, 5.74) is -0.00588. The van der Waals surface area contributed by atoms with Crippen LogP contribution in [0.5, 0.6) is 0 Å². The molecule has 0 amide bonds. The van der Waals surface area contributed by atoms with Crippen LogP contribution in [0.3, 0.4) is 0 Å². The van der Waals surface area contributed by atoms with Gasteiger partial charge in [0.25, 0.3) is 0 Å². The van der Waals surface area contributed by atoms with Gasteiger partial charge in [0, 0.05) is 17.8 Å². The Morgan fingerprint density at radius 1 is 1.56 bits per heavy atom. The van der Waals surface area contributed by atoms with Crippen LogP contribution in [0.15, 0.2) is 30.5 Å². The highest BCUT2D eigenvalue weighted by molar-refractivity contribution is 5.49. The monoisotopic (exact) mass is 252 g/mol. The number of rotatable bonds is 4. The molecule has 1 N–H and O–H groups in total. The highest BCUT2D eigenvalue weighted by atomic mass is 19.1. The predicted octanol–water partition coefficient (Wildman–Crippen LogP) is 2.84. The Balaban J connectivity index is 1.95. The molecule has 1 aromatic carbocycles. The first-order valence-corrected chi connectivity index (χ1v) is 5.65. The second-order valence-corrected chi connectivity index (χ2v) is 4.01. The number of nitro groups is 1. The van der Waals surface area contributed by atoms with Crippen LogP contribution in [0.1, 0.15) is 12.8 Å². The van der Waals surface area contributed by atoms with Crippen LogP contribution >= 0.6 is 0 Å². The Labute approximate surface area is 103 Å². The molecule has 0 saturated heterocycles. The summed E-state index contributed by atoms with van der Waals surface area (Å²) in [7, 11) is 0.